The number of esters is 3. The summed E-state index contributed by atoms with van der Waals surface area (Å²) in [4.78, 5) is 71.3. The number of methoxy groups -OCH3 is 2. The van der Waals surface area contributed by atoms with E-state index in [4.69, 9.17) is 42.6 Å². The van der Waals surface area contributed by atoms with E-state index in [1.807, 2.05) is 0 Å². The lowest BCUT2D eigenvalue weighted by atomic mass is 9.44. The highest BCUT2D eigenvalue weighted by molar-refractivity contribution is 5.94. The van der Waals surface area contributed by atoms with Crippen LogP contribution in [-0.2, 0) is 57.0 Å². The lowest BCUT2D eigenvalue weighted by molar-refractivity contribution is -0.349. The molecule has 1 amide bonds. The molecule has 1 aliphatic heterocycles. The number of carbonyl (C=O) groups excluding carboxylic acids is 5. The molecule has 2 aromatic rings. The topological polar surface area (TPSA) is 241 Å². The molecule has 65 heavy (non-hydrogen) atoms. The van der Waals surface area contributed by atoms with Crippen LogP contribution < -0.4 is 5.32 Å². The number of ketones is 1. The Morgan fingerprint density at radius 1 is 0.892 bits per heavy atom. The van der Waals surface area contributed by atoms with Crippen LogP contribution in [0.1, 0.15) is 69.4 Å². The first-order valence-electron chi connectivity index (χ1n) is 21.7. The summed E-state index contributed by atoms with van der Waals surface area (Å²) in [6, 6.07) is 15.3. The van der Waals surface area contributed by atoms with E-state index in [2.05, 4.69) is 5.32 Å². The second kappa shape index (κ2) is 20.4. The van der Waals surface area contributed by atoms with Crippen LogP contribution in [0.4, 0.5) is 4.79 Å². The van der Waals surface area contributed by atoms with Gasteiger partial charge >= 0.3 is 24.0 Å². The molecule has 18 heteroatoms. The van der Waals surface area contributed by atoms with Crippen molar-refractivity contribution in [3.63, 3.8) is 0 Å². The molecule has 2 aromatic carbocycles. The van der Waals surface area contributed by atoms with E-state index in [0.717, 1.165) is 0 Å². The molecular weight excluding hydrogens is 851 g/mol. The number of aliphatic hydroxyl groups is 3. The van der Waals surface area contributed by atoms with E-state index >= 15 is 4.79 Å². The quantitative estimate of drug-likeness (QED) is 0.0728. The third-order valence-electron chi connectivity index (χ3n) is 13.7. The minimum atomic E-state index is -2.29. The fraction of sp³-hybridized carbons (Fsp3) is 0.596. The van der Waals surface area contributed by atoms with Gasteiger partial charge in [-0.1, -0.05) is 62.4 Å². The van der Waals surface area contributed by atoms with Crippen molar-refractivity contribution in [1.82, 2.24) is 5.32 Å². The Hall–Kier alpha value is -4.79. The van der Waals surface area contributed by atoms with Gasteiger partial charge in [0.1, 0.15) is 36.6 Å². The summed E-state index contributed by atoms with van der Waals surface area (Å²) in [6.07, 6.45) is -9.48. The van der Waals surface area contributed by atoms with E-state index in [1.165, 1.54) is 33.3 Å². The molecule has 0 spiro atoms. The standard InChI is InChI=1S/C47H61NO17/c1-27-31(63-42(54)37(58-7)35(29-14-10-8-11-15-29)48-43(55)61-21-19-50)25-47(56)40(64-41(53)30-16-12-9-13-17-30)38-45(5,39(52)36(60-23-22-57-6)34(27)44(47,3)4)32(59-20-18-49)24-33-46(38,26-62-33)65-28(2)51/h8-17,31-33,35-38,40,49-50,56H,18-26H2,1-7H3,(H,48,55)/t31-,32-,33+,35-,36+,37+,38?,40-,45+,46-,47+/m0/s1. The fourth-order valence-electron chi connectivity index (χ4n) is 10.4. The average Bonchev–Trinajstić information content (AvgIpc) is 3.27. The minimum Gasteiger partial charge on any atom is -0.456 e. The Morgan fingerprint density at radius 2 is 1.55 bits per heavy atom. The summed E-state index contributed by atoms with van der Waals surface area (Å²) in [6.45, 7) is 6.14. The number of rotatable bonds is 18. The predicted octanol–water partition coefficient (Wildman–Crippen LogP) is 2.79. The van der Waals surface area contributed by atoms with Gasteiger partial charge in [-0.15, -0.1) is 0 Å². The Kier molecular flexibility index (Phi) is 15.6. The zero-order valence-electron chi connectivity index (χ0n) is 37.8. The van der Waals surface area contributed by atoms with Gasteiger partial charge < -0.3 is 63.3 Å². The number of hydrogen-bond donors (Lipinski definition) is 4. The molecule has 356 valence electrons. The number of Topliss-reactive ketones (excluding diaryl/α,β-unsaturated/α-hetero) is 1. The van der Waals surface area contributed by atoms with Gasteiger partial charge in [-0.2, -0.15) is 0 Å². The summed E-state index contributed by atoms with van der Waals surface area (Å²) in [5, 5.41) is 35.9. The van der Waals surface area contributed by atoms with Gasteiger partial charge in [0.05, 0.1) is 68.7 Å². The monoisotopic (exact) mass is 911 g/mol. The third kappa shape index (κ3) is 9.19. The molecule has 4 aliphatic rings. The van der Waals surface area contributed by atoms with Crippen molar-refractivity contribution in [3.8, 4) is 0 Å². The van der Waals surface area contributed by atoms with Gasteiger partial charge in [0, 0.05) is 39.4 Å². The smallest absolute Gasteiger partial charge is 0.407 e. The molecule has 1 saturated heterocycles. The third-order valence-corrected chi connectivity index (χ3v) is 13.7. The Bertz CT molecular complexity index is 2060. The van der Waals surface area contributed by atoms with Crippen LogP contribution in [-0.4, -0.2) is 153 Å². The normalized spacial score (nSPS) is 31.1. The molecule has 4 N–H and O–H groups in total. The molecule has 3 fully saturated rings. The van der Waals surface area contributed by atoms with Crippen molar-refractivity contribution in [2.24, 2.45) is 16.7 Å². The first-order valence-corrected chi connectivity index (χ1v) is 21.7. The van der Waals surface area contributed by atoms with Crippen molar-refractivity contribution in [1.29, 1.82) is 0 Å². The number of nitrogens with one attached hydrogen (secondary N) is 1. The molecule has 2 saturated carbocycles. The van der Waals surface area contributed by atoms with Crippen LogP contribution in [0.5, 0.6) is 0 Å². The average molecular weight is 912 g/mol. The summed E-state index contributed by atoms with van der Waals surface area (Å²) < 4.78 is 54.2. The Morgan fingerprint density at radius 3 is 2.14 bits per heavy atom. The first kappa shape index (κ1) is 49.6. The minimum absolute atomic E-state index is 0.0127. The van der Waals surface area contributed by atoms with E-state index in [1.54, 1.807) is 76.2 Å². The molecule has 6 rings (SSSR count). The number of ether oxygens (including phenoxy) is 9. The maximum atomic E-state index is 16.0. The van der Waals surface area contributed by atoms with Crippen LogP contribution in [0.25, 0.3) is 0 Å². The second-order valence-corrected chi connectivity index (χ2v) is 17.6. The lowest BCUT2D eigenvalue weighted by Gasteiger charge is -2.68. The van der Waals surface area contributed by atoms with E-state index < -0.39 is 120 Å². The van der Waals surface area contributed by atoms with Crippen molar-refractivity contribution >= 4 is 29.8 Å². The van der Waals surface area contributed by atoms with Crippen LogP contribution in [0, 0.1) is 16.7 Å². The van der Waals surface area contributed by atoms with Crippen molar-refractivity contribution in [2.45, 2.75) is 101 Å². The molecule has 1 unspecified atom stereocenters. The number of fused-ring (bicyclic) bond motifs is 5. The van der Waals surface area contributed by atoms with E-state index in [0.29, 0.717) is 11.1 Å². The highest BCUT2D eigenvalue weighted by atomic mass is 16.6. The number of carbonyl (C=O) groups is 5. The van der Waals surface area contributed by atoms with Gasteiger partial charge in [-0.25, -0.2) is 14.4 Å². The summed E-state index contributed by atoms with van der Waals surface area (Å²) in [7, 11) is 2.71. The maximum Gasteiger partial charge on any atom is 0.407 e. The fourth-order valence-corrected chi connectivity index (χ4v) is 10.4. The Labute approximate surface area is 377 Å². The highest BCUT2D eigenvalue weighted by Crippen LogP contribution is 2.65. The van der Waals surface area contributed by atoms with Crippen molar-refractivity contribution in [3.05, 3.63) is 82.9 Å². The number of aliphatic hydroxyl groups excluding tert-OH is 2. The predicted molar refractivity (Wildman–Crippen MR) is 227 cm³/mol. The molecular formula is C47H61NO17. The molecule has 0 aromatic heterocycles. The number of hydrogen-bond acceptors (Lipinski definition) is 17. The summed E-state index contributed by atoms with van der Waals surface area (Å²) in [5.41, 5.74) is -6.20. The van der Waals surface area contributed by atoms with Crippen LogP contribution in [0.15, 0.2) is 71.8 Å². The molecule has 0 radical (unpaired) electrons. The maximum absolute atomic E-state index is 16.0. The van der Waals surface area contributed by atoms with Crippen molar-refractivity contribution in [2.75, 3.05) is 60.5 Å². The number of amides is 1. The molecule has 1 heterocycles. The zero-order valence-corrected chi connectivity index (χ0v) is 37.8. The highest BCUT2D eigenvalue weighted by Gasteiger charge is 2.78. The van der Waals surface area contributed by atoms with Crippen molar-refractivity contribution < 1.29 is 81.9 Å². The largest absolute Gasteiger partial charge is 0.456 e. The molecule has 18 nitrogen and oxygen atoms in total. The summed E-state index contributed by atoms with van der Waals surface area (Å²) >= 11 is 0. The van der Waals surface area contributed by atoms with Crippen LogP contribution in [0.3, 0.4) is 0 Å². The van der Waals surface area contributed by atoms with Gasteiger partial charge in [0.2, 0.25) is 0 Å². The first-order chi connectivity index (χ1) is 31.0. The SMILES string of the molecule is COCCO[C@H]1C(=O)[C@@]2(C)C([C@H](OC(=O)c3ccccc3)[C@]3(O)C[C@H](OC(=O)[C@H](OC)[C@@H](NC(=O)OCCO)c4ccccc4)C(C)=C1C3(C)C)[C@]1(OC(C)=O)CO[C@@H]1C[C@@H]2OCCO. The van der Waals surface area contributed by atoms with Gasteiger partial charge in [-0.3, -0.25) is 9.59 Å². The molecule has 3 aliphatic carbocycles. The molecule has 2 bridgehead atoms. The lowest BCUT2D eigenvalue weighted by Crippen LogP contribution is -2.82. The number of alkyl carbamates (subject to hydrolysis) is 1. The number of benzene rings is 2. The summed E-state index contributed by atoms with van der Waals surface area (Å²) in [5.74, 6) is -4.58. The van der Waals surface area contributed by atoms with Crippen LogP contribution in [0.2, 0.25) is 0 Å². The second-order valence-electron chi connectivity index (χ2n) is 17.6. The van der Waals surface area contributed by atoms with E-state index in [-0.39, 0.29) is 50.6 Å². The van der Waals surface area contributed by atoms with Gasteiger partial charge in [-0.05, 0) is 42.7 Å². The Balaban J connectivity index is 1.58. The van der Waals surface area contributed by atoms with Gasteiger partial charge in [0.25, 0.3) is 0 Å². The van der Waals surface area contributed by atoms with Gasteiger partial charge in [0.15, 0.2) is 17.5 Å². The zero-order chi connectivity index (χ0) is 47.3. The van der Waals surface area contributed by atoms with Crippen LogP contribution >= 0.6 is 0 Å². The molecule has 11 atom stereocenters. The van der Waals surface area contributed by atoms with E-state index in [9.17, 15) is 34.5 Å².